The van der Waals surface area contributed by atoms with Crippen molar-refractivity contribution in [2.75, 3.05) is 13.2 Å². The van der Waals surface area contributed by atoms with Crippen molar-refractivity contribution < 1.29 is 47.2 Å². The summed E-state index contributed by atoms with van der Waals surface area (Å²) in [7, 11) is -4.48. The highest BCUT2D eigenvalue weighted by molar-refractivity contribution is 7.89. The molecule has 216 valence electrons. The van der Waals surface area contributed by atoms with Gasteiger partial charge in [-0.05, 0) is 11.6 Å². The minimum atomic E-state index is -4.48. The summed E-state index contributed by atoms with van der Waals surface area (Å²) in [6.45, 7) is 0.264. The fourth-order valence-corrected chi connectivity index (χ4v) is 7.05. The maximum atomic E-state index is 13.6. The second-order valence-corrected chi connectivity index (χ2v) is 11.8. The Morgan fingerprint density at radius 1 is 0.900 bits per heavy atom. The molecule has 2 aromatic rings. The minimum Gasteiger partial charge on any atom is -0.389 e. The molecule has 0 amide bonds. The monoisotopic (exact) mass is 579 g/mol. The number of hydrogen-bond acceptors (Lipinski definition) is 12. The first-order chi connectivity index (χ1) is 19.2. The van der Waals surface area contributed by atoms with Crippen LogP contribution in [-0.4, -0.2) is 98.0 Å². The van der Waals surface area contributed by atoms with Crippen LogP contribution in [0.1, 0.15) is 5.56 Å². The molecule has 6 rings (SSSR count). The molecule has 0 unspecified atom stereocenters. The van der Waals surface area contributed by atoms with Gasteiger partial charge in [-0.3, -0.25) is 10.1 Å². The van der Waals surface area contributed by atoms with Crippen molar-refractivity contribution in [3.63, 3.8) is 0 Å². The van der Waals surface area contributed by atoms with E-state index in [0.29, 0.717) is 0 Å². The van der Waals surface area contributed by atoms with Crippen molar-refractivity contribution in [2.24, 2.45) is 0 Å². The molecule has 4 heterocycles. The van der Waals surface area contributed by atoms with Gasteiger partial charge in [0.15, 0.2) is 17.5 Å². The van der Waals surface area contributed by atoms with Crippen LogP contribution in [0.4, 0.5) is 5.69 Å². The van der Waals surface area contributed by atoms with E-state index in [9.17, 15) is 28.7 Å². The summed E-state index contributed by atoms with van der Waals surface area (Å²) in [6.07, 6.45) is -6.73. The van der Waals surface area contributed by atoms with Crippen LogP contribution in [0.25, 0.3) is 0 Å². The lowest BCUT2D eigenvalue weighted by atomic mass is 9.91. The van der Waals surface area contributed by atoms with Crippen LogP contribution >= 0.6 is 0 Å². The second-order valence-electron chi connectivity index (χ2n) is 10.1. The zero-order chi connectivity index (χ0) is 28.0. The van der Waals surface area contributed by atoms with Crippen LogP contribution in [0.2, 0.25) is 0 Å². The quantitative estimate of drug-likeness (QED) is 0.218. The van der Waals surface area contributed by atoms with Crippen LogP contribution < -0.4 is 10.0 Å². The highest BCUT2D eigenvalue weighted by Crippen LogP contribution is 2.35. The topological polar surface area (TPSA) is 188 Å². The zero-order valence-corrected chi connectivity index (χ0v) is 21.8. The number of nitrogens with one attached hydrogen (secondary N) is 2. The molecule has 0 aliphatic carbocycles. The number of nitrogens with zero attached hydrogens (tertiary/aromatic N) is 1. The van der Waals surface area contributed by atoms with Crippen LogP contribution in [0.5, 0.6) is 0 Å². The smallest absolute Gasteiger partial charge is 0.289 e. The summed E-state index contributed by atoms with van der Waals surface area (Å²) in [4.78, 5) is 10.3. The second kappa shape index (κ2) is 11.0. The molecule has 14 nitrogen and oxygen atoms in total. The van der Waals surface area contributed by atoms with E-state index < -0.39 is 86.8 Å². The van der Waals surface area contributed by atoms with E-state index in [1.54, 1.807) is 0 Å². The predicted molar refractivity (Wildman–Crippen MR) is 134 cm³/mol. The Morgan fingerprint density at radius 2 is 1.57 bits per heavy atom. The molecule has 15 heteroatoms. The summed E-state index contributed by atoms with van der Waals surface area (Å²) in [5.74, 6) is 0. The molecule has 0 aromatic heterocycles. The minimum absolute atomic E-state index is 0.0794. The van der Waals surface area contributed by atoms with E-state index in [1.165, 1.54) is 12.1 Å². The molecule has 4 bridgehead atoms. The van der Waals surface area contributed by atoms with Crippen molar-refractivity contribution in [3.8, 4) is 0 Å². The summed E-state index contributed by atoms with van der Waals surface area (Å²) >= 11 is 0. The van der Waals surface area contributed by atoms with Crippen molar-refractivity contribution >= 4 is 15.7 Å². The lowest BCUT2D eigenvalue weighted by Crippen LogP contribution is -2.71. The number of benzene rings is 2. The Morgan fingerprint density at radius 3 is 2.35 bits per heavy atom. The lowest BCUT2D eigenvalue weighted by molar-refractivity contribution is -0.387. The zero-order valence-electron chi connectivity index (χ0n) is 21.0. The van der Waals surface area contributed by atoms with Crippen molar-refractivity contribution in [3.05, 3.63) is 70.3 Å². The van der Waals surface area contributed by atoms with Crippen LogP contribution in [0.15, 0.2) is 59.5 Å². The molecule has 4 aliphatic rings. The molecule has 4 saturated heterocycles. The van der Waals surface area contributed by atoms with E-state index in [2.05, 4.69) is 10.0 Å². The third kappa shape index (κ3) is 5.14. The van der Waals surface area contributed by atoms with Gasteiger partial charge in [0, 0.05) is 6.07 Å². The average Bonchev–Trinajstić information content (AvgIpc) is 3.59. The predicted octanol–water partition coefficient (Wildman–Crippen LogP) is -0.614. The molecule has 10 atom stereocenters. The van der Waals surface area contributed by atoms with Gasteiger partial charge in [-0.25, -0.2) is 13.1 Å². The first kappa shape index (κ1) is 27.6. The lowest BCUT2D eigenvalue weighted by Gasteiger charge is -2.45. The fourth-order valence-electron chi connectivity index (χ4n) is 5.60. The average molecular weight is 580 g/mol. The van der Waals surface area contributed by atoms with Crippen molar-refractivity contribution in [2.45, 2.75) is 72.7 Å². The van der Waals surface area contributed by atoms with E-state index in [4.69, 9.17) is 23.7 Å². The molecule has 0 radical (unpaired) electrons. The van der Waals surface area contributed by atoms with Gasteiger partial charge in [-0.1, -0.05) is 42.5 Å². The number of nitro groups is 1. The van der Waals surface area contributed by atoms with Gasteiger partial charge in [-0.2, -0.15) is 0 Å². The number of nitro benzene ring substituents is 1. The fraction of sp³-hybridized carbons (Fsp3) is 0.520. The maximum Gasteiger partial charge on any atom is 0.289 e. The standard InChI is InChI=1S/C25H29N3O11S/c29-21-16-12-36-24(39-16)22(30)20(21)26-18-15-11-37-25(38-15)23(35-10-13-6-2-1-3-7-13)19(18)27-40(33,34)17-9-5-4-8-14(17)28(31)32/h1-9,15-16,18-27,29-30H,10-12H2/t15-,16-,18-,19+,20+,21-,22-,23-,24-,25-/m1/s1. The molecule has 2 aromatic carbocycles. The highest BCUT2D eigenvalue weighted by Gasteiger charge is 2.56. The molecular formula is C25H29N3O11S. The largest absolute Gasteiger partial charge is 0.389 e. The number of rotatable bonds is 9. The summed E-state index contributed by atoms with van der Waals surface area (Å²) in [6, 6.07) is 11.3. The van der Waals surface area contributed by atoms with Crippen molar-refractivity contribution in [1.82, 2.24) is 10.0 Å². The van der Waals surface area contributed by atoms with Crippen LogP contribution in [-0.2, 0) is 40.3 Å². The Bertz CT molecular complexity index is 1320. The number of aliphatic hydroxyl groups is 2. The van der Waals surface area contributed by atoms with Gasteiger partial charge in [0.2, 0.25) is 10.0 Å². The van der Waals surface area contributed by atoms with Crippen LogP contribution in [0, 0.1) is 10.1 Å². The van der Waals surface area contributed by atoms with E-state index in [0.717, 1.165) is 17.7 Å². The van der Waals surface area contributed by atoms with E-state index in [1.807, 2.05) is 30.3 Å². The molecule has 4 N–H and O–H groups in total. The Hall–Kier alpha value is -2.57. The van der Waals surface area contributed by atoms with Gasteiger partial charge in [0.05, 0.1) is 42.9 Å². The number of fused-ring (bicyclic) bond motifs is 4. The maximum absolute atomic E-state index is 13.6. The van der Waals surface area contributed by atoms with Gasteiger partial charge in [-0.15, -0.1) is 0 Å². The normalized spacial score (nSPS) is 37.0. The molecule has 40 heavy (non-hydrogen) atoms. The summed E-state index contributed by atoms with van der Waals surface area (Å²) in [5.41, 5.74) is 0.230. The number of ether oxygens (including phenoxy) is 5. The number of para-hydroxylation sites is 1. The van der Waals surface area contributed by atoms with E-state index >= 15 is 0 Å². The highest BCUT2D eigenvalue weighted by atomic mass is 32.2. The third-order valence-electron chi connectivity index (χ3n) is 7.59. The molecule has 0 saturated carbocycles. The molecule has 4 fully saturated rings. The first-order valence-electron chi connectivity index (χ1n) is 12.8. The van der Waals surface area contributed by atoms with Crippen LogP contribution in [0.3, 0.4) is 0 Å². The number of aliphatic hydroxyl groups excluding tert-OH is 2. The first-order valence-corrected chi connectivity index (χ1v) is 14.3. The van der Waals surface area contributed by atoms with Gasteiger partial charge >= 0.3 is 0 Å². The number of hydrogen-bond donors (Lipinski definition) is 4. The Labute approximate surface area is 229 Å². The van der Waals surface area contributed by atoms with Gasteiger partial charge in [0.25, 0.3) is 5.69 Å². The van der Waals surface area contributed by atoms with Gasteiger partial charge in [0.1, 0.15) is 30.5 Å². The molecule has 0 spiro atoms. The third-order valence-corrected chi connectivity index (χ3v) is 9.09. The molecular weight excluding hydrogens is 550 g/mol. The van der Waals surface area contributed by atoms with Gasteiger partial charge < -0.3 is 39.2 Å². The number of sulfonamides is 1. The Balaban J connectivity index is 1.34. The van der Waals surface area contributed by atoms with Crippen molar-refractivity contribution in [1.29, 1.82) is 0 Å². The SMILES string of the molecule is O=[N+]([O-])c1ccccc1S(=O)(=O)N[C@H]1[C@H](N[C@@H]2[C@@H](O)[C@@H]3OC[C@@H](O3)[C@H]2O)[C@H]2CO[C@H](O2)[C@@H]1OCc1ccccc1. The summed E-state index contributed by atoms with van der Waals surface area (Å²) in [5, 5.41) is 36.5. The summed E-state index contributed by atoms with van der Waals surface area (Å²) < 4.78 is 58.8. The van der Waals surface area contributed by atoms with E-state index in [-0.39, 0.29) is 19.8 Å². The Kier molecular flexibility index (Phi) is 7.60. The molecule has 4 aliphatic heterocycles.